The van der Waals surface area contributed by atoms with E-state index in [9.17, 15) is 4.79 Å². The Morgan fingerprint density at radius 3 is 2.75 bits per heavy atom. The molecule has 0 bridgehead atoms. The number of amides is 1. The zero-order valence-corrected chi connectivity index (χ0v) is 17.4. The Hall–Kier alpha value is -2.16. The lowest BCUT2D eigenvalue weighted by Crippen LogP contribution is -3.13. The summed E-state index contributed by atoms with van der Waals surface area (Å²) in [5, 5.41) is 9.66. The second-order valence-electron chi connectivity index (χ2n) is 6.94. The fraction of sp³-hybridized carbons (Fsp3) is 0.350. The van der Waals surface area contributed by atoms with Gasteiger partial charge in [-0.25, -0.2) is 4.98 Å². The van der Waals surface area contributed by atoms with Crippen LogP contribution in [-0.4, -0.2) is 57.4 Å². The SMILES string of the molecule is C[C@H](Sc1n[nH]c(-c2cccs2)n1)C(=O)N1CC[NH+](Cc2ccccc2)CC1. The van der Waals surface area contributed by atoms with Gasteiger partial charge in [-0.3, -0.25) is 9.89 Å². The van der Waals surface area contributed by atoms with Crippen molar-refractivity contribution >= 4 is 29.0 Å². The van der Waals surface area contributed by atoms with E-state index in [1.165, 1.54) is 22.2 Å². The molecule has 8 heteroatoms. The van der Waals surface area contributed by atoms with Crippen LogP contribution >= 0.6 is 23.1 Å². The van der Waals surface area contributed by atoms with Crippen LogP contribution in [-0.2, 0) is 11.3 Å². The average Bonchev–Trinajstić information content (AvgIpc) is 3.40. The Kier molecular flexibility index (Phi) is 6.09. The second kappa shape index (κ2) is 8.89. The highest BCUT2D eigenvalue weighted by molar-refractivity contribution is 8.00. The molecule has 1 amide bonds. The predicted molar refractivity (Wildman–Crippen MR) is 112 cm³/mol. The molecule has 1 atom stereocenters. The van der Waals surface area contributed by atoms with Crippen molar-refractivity contribution in [3.05, 3.63) is 53.4 Å². The number of aromatic amines is 1. The van der Waals surface area contributed by atoms with Crippen LogP contribution in [0, 0.1) is 0 Å². The molecule has 3 heterocycles. The molecule has 2 N–H and O–H groups in total. The molecule has 0 unspecified atom stereocenters. The van der Waals surface area contributed by atoms with Crippen molar-refractivity contribution in [3.8, 4) is 10.7 Å². The smallest absolute Gasteiger partial charge is 0.236 e. The van der Waals surface area contributed by atoms with Gasteiger partial charge in [-0.2, -0.15) is 0 Å². The van der Waals surface area contributed by atoms with Crippen LogP contribution < -0.4 is 4.90 Å². The Morgan fingerprint density at radius 2 is 2.04 bits per heavy atom. The summed E-state index contributed by atoms with van der Waals surface area (Å²) in [5.74, 6) is 0.932. The van der Waals surface area contributed by atoms with Gasteiger partial charge in [-0.1, -0.05) is 48.2 Å². The van der Waals surface area contributed by atoms with Crippen molar-refractivity contribution in [2.45, 2.75) is 23.9 Å². The predicted octanol–water partition coefficient (Wildman–Crippen LogP) is 1.94. The van der Waals surface area contributed by atoms with E-state index in [-0.39, 0.29) is 11.2 Å². The van der Waals surface area contributed by atoms with Crippen LogP contribution in [0.2, 0.25) is 0 Å². The number of benzene rings is 1. The van der Waals surface area contributed by atoms with Gasteiger partial charge in [0.05, 0.1) is 36.3 Å². The molecule has 0 spiro atoms. The molecular weight excluding hydrogens is 390 g/mol. The lowest BCUT2D eigenvalue weighted by Gasteiger charge is -2.33. The van der Waals surface area contributed by atoms with Crippen molar-refractivity contribution in [2.24, 2.45) is 0 Å². The summed E-state index contributed by atoms with van der Waals surface area (Å²) in [6, 6.07) is 14.6. The quantitative estimate of drug-likeness (QED) is 0.605. The normalized spacial score (nSPS) is 16.2. The second-order valence-corrected chi connectivity index (χ2v) is 9.20. The maximum absolute atomic E-state index is 12.8. The zero-order valence-electron chi connectivity index (χ0n) is 15.8. The number of piperazine rings is 1. The number of carbonyl (C=O) groups is 1. The third kappa shape index (κ3) is 4.63. The summed E-state index contributed by atoms with van der Waals surface area (Å²) in [6.07, 6.45) is 0. The zero-order chi connectivity index (χ0) is 19.3. The molecule has 146 valence electrons. The van der Waals surface area contributed by atoms with Gasteiger partial charge in [0.15, 0.2) is 5.82 Å². The number of thioether (sulfide) groups is 1. The number of nitrogens with zero attached hydrogens (tertiary/aromatic N) is 3. The maximum Gasteiger partial charge on any atom is 0.236 e. The third-order valence-electron chi connectivity index (χ3n) is 4.93. The maximum atomic E-state index is 12.8. The molecule has 1 aliphatic heterocycles. The van der Waals surface area contributed by atoms with Gasteiger partial charge in [0.2, 0.25) is 11.1 Å². The van der Waals surface area contributed by atoms with Crippen molar-refractivity contribution in [2.75, 3.05) is 26.2 Å². The third-order valence-corrected chi connectivity index (χ3v) is 6.75. The topological polar surface area (TPSA) is 66.3 Å². The Bertz CT molecular complexity index is 888. The van der Waals surface area contributed by atoms with Crippen molar-refractivity contribution in [3.63, 3.8) is 0 Å². The number of hydrogen-bond acceptors (Lipinski definition) is 5. The summed E-state index contributed by atoms with van der Waals surface area (Å²) in [6.45, 7) is 6.55. The summed E-state index contributed by atoms with van der Waals surface area (Å²) >= 11 is 3.04. The fourth-order valence-electron chi connectivity index (χ4n) is 3.39. The molecule has 1 fully saturated rings. The van der Waals surface area contributed by atoms with Crippen LogP contribution in [0.4, 0.5) is 0 Å². The van der Waals surface area contributed by atoms with E-state index in [0.29, 0.717) is 5.16 Å². The van der Waals surface area contributed by atoms with E-state index < -0.39 is 0 Å². The molecule has 0 radical (unpaired) electrons. The monoisotopic (exact) mass is 414 g/mol. The van der Waals surface area contributed by atoms with E-state index >= 15 is 0 Å². The van der Waals surface area contributed by atoms with Crippen LogP contribution in [0.25, 0.3) is 10.7 Å². The highest BCUT2D eigenvalue weighted by Crippen LogP contribution is 2.25. The van der Waals surface area contributed by atoms with Crippen molar-refractivity contribution < 1.29 is 9.69 Å². The van der Waals surface area contributed by atoms with E-state index in [1.54, 1.807) is 11.3 Å². The molecule has 0 aliphatic carbocycles. The van der Waals surface area contributed by atoms with E-state index in [2.05, 4.69) is 39.4 Å². The number of nitrogens with one attached hydrogen (secondary N) is 2. The van der Waals surface area contributed by atoms with Gasteiger partial charge in [0.25, 0.3) is 0 Å². The van der Waals surface area contributed by atoms with E-state index in [0.717, 1.165) is 43.4 Å². The Balaban J connectivity index is 1.28. The van der Waals surface area contributed by atoms with Gasteiger partial charge < -0.3 is 9.80 Å². The van der Waals surface area contributed by atoms with E-state index in [1.807, 2.05) is 35.4 Å². The first kappa shape index (κ1) is 19.2. The highest BCUT2D eigenvalue weighted by atomic mass is 32.2. The molecule has 4 rings (SSSR count). The standard InChI is InChI=1S/C20H23N5OS2/c1-15(28-20-21-18(22-23-20)17-8-5-13-27-17)19(26)25-11-9-24(10-12-25)14-16-6-3-2-4-7-16/h2-8,13,15H,9-12,14H2,1H3,(H,21,22,23)/p+1/t15-/m0/s1. The number of H-pyrrole nitrogens is 1. The lowest BCUT2D eigenvalue weighted by molar-refractivity contribution is -0.917. The Morgan fingerprint density at radius 1 is 1.25 bits per heavy atom. The largest absolute Gasteiger partial charge is 0.330 e. The van der Waals surface area contributed by atoms with Crippen LogP contribution in [0.3, 0.4) is 0 Å². The van der Waals surface area contributed by atoms with Crippen LogP contribution in [0.1, 0.15) is 12.5 Å². The molecule has 2 aromatic heterocycles. The van der Waals surface area contributed by atoms with Crippen LogP contribution in [0.15, 0.2) is 53.0 Å². The van der Waals surface area contributed by atoms with Gasteiger partial charge in [-0.05, 0) is 18.4 Å². The van der Waals surface area contributed by atoms with Gasteiger partial charge in [-0.15, -0.1) is 16.4 Å². The van der Waals surface area contributed by atoms with Gasteiger partial charge in [0.1, 0.15) is 6.54 Å². The first-order valence-corrected chi connectivity index (χ1v) is 11.2. The summed E-state index contributed by atoms with van der Waals surface area (Å²) in [4.78, 5) is 21.9. The fourth-order valence-corrected chi connectivity index (χ4v) is 4.87. The molecular formula is C20H24N5OS2+. The van der Waals surface area contributed by atoms with Crippen molar-refractivity contribution in [1.29, 1.82) is 0 Å². The first-order chi connectivity index (χ1) is 13.7. The minimum Gasteiger partial charge on any atom is -0.330 e. The highest BCUT2D eigenvalue weighted by Gasteiger charge is 2.28. The number of thiophene rings is 1. The minimum absolute atomic E-state index is 0.172. The molecule has 3 aromatic rings. The summed E-state index contributed by atoms with van der Waals surface area (Å²) in [7, 11) is 0. The number of hydrogen-bond donors (Lipinski definition) is 2. The molecule has 1 aliphatic rings. The molecule has 1 saturated heterocycles. The number of rotatable bonds is 6. The number of aromatic nitrogens is 3. The van der Waals surface area contributed by atoms with Crippen molar-refractivity contribution in [1.82, 2.24) is 20.1 Å². The summed E-state index contributed by atoms with van der Waals surface area (Å²) < 4.78 is 0. The minimum atomic E-state index is -0.192. The summed E-state index contributed by atoms with van der Waals surface area (Å²) in [5.41, 5.74) is 1.35. The molecule has 0 saturated carbocycles. The van der Waals surface area contributed by atoms with Gasteiger partial charge >= 0.3 is 0 Å². The molecule has 1 aromatic carbocycles. The average molecular weight is 415 g/mol. The first-order valence-electron chi connectivity index (χ1n) is 9.48. The van der Waals surface area contributed by atoms with Crippen LogP contribution in [0.5, 0.6) is 0 Å². The number of carbonyl (C=O) groups excluding carboxylic acids is 1. The molecule has 28 heavy (non-hydrogen) atoms. The Labute approximate surface area is 173 Å². The molecule has 6 nitrogen and oxygen atoms in total. The van der Waals surface area contributed by atoms with E-state index in [4.69, 9.17) is 0 Å². The van der Waals surface area contributed by atoms with Gasteiger partial charge in [0, 0.05) is 5.56 Å². The lowest BCUT2D eigenvalue weighted by atomic mass is 10.2. The number of quaternary nitrogens is 1.